The molecule has 0 N–H and O–H groups in total. The summed E-state index contributed by atoms with van der Waals surface area (Å²) >= 11 is 0. The molecule has 196 valence electrons. The van der Waals surface area contributed by atoms with Gasteiger partial charge in [-0.25, -0.2) is 0 Å². The molecule has 0 aliphatic heterocycles. The quantitative estimate of drug-likeness (QED) is 0.200. The molecule has 2 heterocycles. The van der Waals surface area contributed by atoms with Crippen LogP contribution in [0.2, 0.25) is 0 Å². The number of benzene rings is 7. The van der Waals surface area contributed by atoms with Crippen LogP contribution in [-0.2, 0) is 0 Å². The number of hydrogen-bond donors (Lipinski definition) is 0. The van der Waals surface area contributed by atoms with E-state index in [2.05, 4.69) is 167 Å². The number of aromatic nitrogens is 2. The van der Waals surface area contributed by atoms with Crippen molar-refractivity contribution >= 4 is 54.3 Å². The van der Waals surface area contributed by atoms with Gasteiger partial charge in [0.05, 0.1) is 16.6 Å². The van der Waals surface area contributed by atoms with E-state index in [9.17, 15) is 0 Å². The van der Waals surface area contributed by atoms with E-state index in [1.807, 2.05) is 0 Å². The zero-order chi connectivity index (χ0) is 27.6. The molecule has 9 rings (SSSR count). The average molecular weight is 535 g/mol. The van der Waals surface area contributed by atoms with Gasteiger partial charge in [-0.3, -0.25) is 0 Å². The van der Waals surface area contributed by atoms with Crippen molar-refractivity contribution < 1.29 is 0 Å². The SMILES string of the molecule is c1ccc(-n2c3ccccc3c3ccc4c(ccn4-c4cccc(-c5c6ccccc6cc6ccccc56)c4)c32)cc1. The van der Waals surface area contributed by atoms with Crippen molar-refractivity contribution in [1.82, 2.24) is 9.13 Å². The summed E-state index contributed by atoms with van der Waals surface area (Å²) in [6, 6.07) is 55.0. The van der Waals surface area contributed by atoms with E-state index >= 15 is 0 Å². The first-order chi connectivity index (χ1) is 20.8. The Labute approximate surface area is 243 Å². The second-order valence-electron chi connectivity index (χ2n) is 11.0. The maximum Gasteiger partial charge on any atom is 0.0635 e. The first-order valence-electron chi connectivity index (χ1n) is 14.5. The van der Waals surface area contributed by atoms with Gasteiger partial charge in [0.15, 0.2) is 0 Å². The van der Waals surface area contributed by atoms with Crippen LogP contribution in [0.15, 0.2) is 158 Å². The topological polar surface area (TPSA) is 9.86 Å². The average Bonchev–Trinajstić information content (AvgIpc) is 3.64. The summed E-state index contributed by atoms with van der Waals surface area (Å²) in [5, 5.41) is 8.87. The molecule has 0 unspecified atom stereocenters. The summed E-state index contributed by atoms with van der Waals surface area (Å²) in [5.74, 6) is 0. The largest absolute Gasteiger partial charge is 0.316 e. The normalized spacial score (nSPS) is 11.8. The lowest BCUT2D eigenvalue weighted by atomic mass is 9.92. The van der Waals surface area contributed by atoms with Crippen molar-refractivity contribution in [1.29, 1.82) is 0 Å². The van der Waals surface area contributed by atoms with Crippen LogP contribution in [-0.4, -0.2) is 9.13 Å². The highest BCUT2D eigenvalue weighted by Gasteiger charge is 2.17. The Balaban J connectivity index is 1.30. The van der Waals surface area contributed by atoms with E-state index < -0.39 is 0 Å². The molecule has 2 nitrogen and oxygen atoms in total. The van der Waals surface area contributed by atoms with E-state index in [4.69, 9.17) is 0 Å². The van der Waals surface area contributed by atoms with Crippen LogP contribution in [0, 0.1) is 0 Å². The van der Waals surface area contributed by atoms with Gasteiger partial charge in [-0.15, -0.1) is 0 Å². The van der Waals surface area contributed by atoms with Gasteiger partial charge in [-0.05, 0) is 81.2 Å². The molecule has 0 spiro atoms. The summed E-state index contributed by atoms with van der Waals surface area (Å²) in [4.78, 5) is 0. The maximum absolute atomic E-state index is 2.41. The molecule has 0 atom stereocenters. The molecule has 0 saturated heterocycles. The first kappa shape index (κ1) is 23.1. The molecule has 0 amide bonds. The van der Waals surface area contributed by atoms with E-state index in [0.29, 0.717) is 0 Å². The standard InChI is InChI=1S/C40H26N2/c1-2-14-30(15-3-1)42-38-20-9-8-19-34(38)35-21-22-37-36(40(35)42)23-24-41(37)31-16-10-13-29(26-31)39-32-17-6-4-11-27(32)25-28-12-5-7-18-33(28)39/h1-26H. The molecule has 7 aromatic carbocycles. The van der Waals surface area contributed by atoms with Crippen molar-refractivity contribution in [3.63, 3.8) is 0 Å². The molecule has 0 saturated carbocycles. The number of hydrogen-bond acceptors (Lipinski definition) is 0. The number of rotatable bonds is 3. The third kappa shape index (κ3) is 3.33. The molecular weight excluding hydrogens is 508 g/mol. The molecule has 42 heavy (non-hydrogen) atoms. The molecule has 0 aliphatic rings. The first-order valence-corrected chi connectivity index (χ1v) is 14.5. The van der Waals surface area contributed by atoms with Gasteiger partial charge < -0.3 is 9.13 Å². The van der Waals surface area contributed by atoms with Crippen LogP contribution < -0.4 is 0 Å². The monoisotopic (exact) mass is 534 g/mol. The summed E-state index contributed by atoms with van der Waals surface area (Å²) in [7, 11) is 0. The number of fused-ring (bicyclic) bond motifs is 7. The van der Waals surface area contributed by atoms with Gasteiger partial charge in [0.2, 0.25) is 0 Å². The van der Waals surface area contributed by atoms with Gasteiger partial charge in [-0.1, -0.05) is 103 Å². The Bertz CT molecular complexity index is 2400. The molecular formula is C40H26N2. The molecule has 0 aliphatic carbocycles. The second-order valence-corrected chi connectivity index (χ2v) is 11.0. The second kappa shape index (κ2) is 8.95. The van der Waals surface area contributed by atoms with Gasteiger partial charge in [0, 0.05) is 33.7 Å². The molecule has 9 aromatic rings. The van der Waals surface area contributed by atoms with Crippen molar-refractivity contribution in [2.45, 2.75) is 0 Å². The van der Waals surface area contributed by atoms with Crippen LogP contribution >= 0.6 is 0 Å². The molecule has 0 fully saturated rings. The number of para-hydroxylation sites is 2. The Hall–Kier alpha value is -5.60. The van der Waals surface area contributed by atoms with E-state index in [1.54, 1.807) is 0 Å². The molecule has 2 aromatic heterocycles. The highest BCUT2D eigenvalue weighted by Crippen LogP contribution is 2.39. The highest BCUT2D eigenvalue weighted by molar-refractivity contribution is 6.18. The zero-order valence-electron chi connectivity index (χ0n) is 22.9. The van der Waals surface area contributed by atoms with Crippen molar-refractivity contribution in [2.75, 3.05) is 0 Å². The third-order valence-corrected chi connectivity index (χ3v) is 8.70. The fourth-order valence-corrected chi connectivity index (χ4v) is 6.88. The van der Waals surface area contributed by atoms with E-state index in [0.717, 1.165) is 5.69 Å². The summed E-state index contributed by atoms with van der Waals surface area (Å²) in [6.07, 6.45) is 2.22. The fourth-order valence-electron chi connectivity index (χ4n) is 6.88. The van der Waals surface area contributed by atoms with Crippen molar-refractivity contribution in [3.8, 4) is 22.5 Å². The zero-order valence-corrected chi connectivity index (χ0v) is 22.9. The Morgan fingerprint density at radius 2 is 1.05 bits per heavy atom. The van der Waals surface area contributed by atoms with Crippen molar-refractivity contribution in [2.24, 2.45) is 0 Å². The summed E-state index contributed by atoms with van der Waals surface area (Å²) < 4.78 is 4.74. The smallest absolute Gasteiger partial charge is 0.0635 e. The minimum absolute atomic E-state index is 1.15. The predicted molar refractivity (Wildman–Crippen MR) is 178 cm³/mol. The van der Waals surface area contributed by atoms with Crippen LogP contribution in [0.1, 0.15) is 0 Å². The predicted octanol–water partition coefficient (Wildman–Crippen LogP) is 10.7. The van der Waals surface area contributed by atoms with Gasteiger partial charge in [0.1, 0.15) is 0 Å². The summed E-state index contributed by atoms with van der Waals surface area (Å²) in [6.45, 7) is 0. The van der Waals surface area contributed by atoms with Crippen molar-refractivity contribution in [3.05, 3.63) is 158 Å². The van der Waals surface area contributed by atoms with E-state index in [1.165, 1.54) is 71.1 Å². The van der Waals surface area contributed by atoms with Gasteiger partial charge in [0.25, 0.3) is 0 Å². The van der Waals surface area contributed by atoms with E-state index in [-0.39, 0.29) is 0 Å². The third-order valence-electron chi connectivity index (χ3n) is 8.70. The minimum Gasteiger partial charge on any atom is -0.316 e. The van der Waals surface area contributed by atoms with Gasteiger partial charge in [-0.2, -0.15) is 0 Å². The van der Waals surface area contributed by atoms with Crippen LogP contribution in [0.25, 0.3) is 76.8 Å². The Morgan fingerprint density at radius 1 is 0.381 bits per heavy atom. The molecule has 0 bridgehead atoms. The fraction of sp³-hybridized carbons (Fsp3) is 0. The summed E-state index contributed by atoms with van der Waals surface area (Å²) in [5.41, 5.74) is 8.51. The lowest BCUT2D eigenvalue weighted by Crippen LogP contribution is -1.95. The van der Waals surface area contributed by atoms with Crippen LogP contribution in [0.3, 0.4) is 0 Å². The highest BCUT2D eigenvalue weighted by atomic mass is 15.0. The minimum atomic E-state index is 1.15. The Kier molecular flexibility index (Phi) is 4.93. The number of nitrogens with zero attached hydrogens (tertiary/aromatic N) is 2. The Morgan fingerprint density at radius 3 is 1.83 bits per heavy atom. The lowest BCUT2D eigenvalue weighted by molar-refractivity contribution is 1.13. The lowest BCUT2D eigenvalue weighted by Gasteiger charge is -2.14. The molecule has 2 heteroatoms. The van der Waals surface area contributed by atoms with Crippen LogP contribution in [0.5, 0.6) is 0 Å². The molecule has 0 radical (unpaired) electrons. The maximum atomic E-state index is 2.41. The van der Waals surface area contributed by atoms with Gasteiger partial charge >= 0.3 is 0 Å². The van der Waals surface area contributed by atoms with Crippen LogP contribution in [0.4, 0.5) is 0 Å².